The van der Waals surface area contributed by atoms with E-state index in [9.17, 15) is 0 Å². The van der Waals surface area contributed by atoms with Gasteiger partial charge in [-0.05, 0) is 44.9 Å². The molecule has 2 heterocycles. The summed E-state index contributed by atoms with van der Waals surface area (Å²) in [6, 6.07) is 4.73. The molecule has 82 valence electrons. The summed E-state index contributed by atoms with van der Waals surface area (Å²) < 4.78 is 0. The van der Waals surface area contributed by atoms with Crippen LogP contribution in [0.25, 0.3) is 0 Å². The molecule has 1 unspecified atom stereocenters. The summed E-state index contributed by atoms with van der Waals surface area (Å²) in [6.45, 7) is 6.35. The van der Waals surface area contributed by atoms with Gasteiger partial charge in [0.15, 0.2) is 0 Å². The summed E-state index contributed by atoms with van der Waals surface area (Å²) in [5.41, 5.74) is 2.37. The molecular formula is C12H19N3. The van der Waals surface area contributed by atoms with E-state index < -0.39 is 0 Å². The van der Waals surface area contributed by atoms with Crippen LogP contribution in [0.4, 0.5) is 5.82 Å². The highest BCUT2D eigenvalue weighted by molar-refractivity contribution is 5.39. The van der Waals surface area contributed by atoms with Crippen molar-refractivity contribution in [2.45, 2.75) is 32.7 Å². The van der Waals surface area contributed by atoms with Gasteiger partial charge in [-0.25, -0.2) is 4.98 Å². The summed E-state index contributed by atoms with van der Waals surface area (Å²) in [5.74, 6) is 1.01. The number of aromatic nitrogens is 1. The summed E-state index contributed by atoms with van der Waals surface area (Å²) in [5, 5.41) is 6.87. The number of anilines is 1. The summed E-state index contributed by atoms with van der Waals surface area (Å²) >= 11 is 0. The standard InChI is InChI=1S/C12H19N3/c1-9-5-6-12(14-10(9)2)15-11-4-3-7-13-8-11/h5-6,11,13H,3-4,7-8H2,1-2H3,(H,14,15). The molecule has 0 bridgehead atoms. The quantitative estimate of drug-likeness (QED) is 0.774. The smallest absolute Gasteiger partial charge is 0.126 e. The molecule has 3 heteroatoms. The first-order valence-corrected chi connectivity index (χ1v) is 5.67. The Balaban J connectivity index is 2.00. The maximum atomic E-state index is 4.53. The molecule has 3 nitrogen and oxygen atoms in total. The molecule has 2 N–H and O–H groups in total. The van der Waals surface area contributed by atoms with Gasteiger partial charge >= 0.3 is 0 Å². The fourth-order valence-corrected chi connectivity index (χ4v) is 1.90. The van der Waals surface area contributed by atoms with Crippen LogP contribution in [0.5, 0.6) is 0 Å². The van der Waals surface area contributed by atoms with Crippen LogP contribution in [0.3, 0.4) is 0 Å². The second-order valence-corrected chi connectivity index (χ2v) is 4.29. The lowest BCUT2D eigenvalue weighted by molar-refractivity contribution is 0.479. The predicted molar refractivity (Wildman–Crippen MR) is 63.2 cm³/mol. The Morgan fingerprint density at radius 2 is 2.27 bits per heavy atom. The van der Waals surface area contributed by atoms with Crippen molar-refractivity contribution in [3.05, 3.63) is 23.4 Å². The Morgan fingerprint density at radius 1 is 1.40 bits per heavy atom. The van der Waals surface area contributed by atoms with E-state index in [0.29, 0.717) is 6.04 Å². The zero-order valence-corrected chi connectivity index (χ0v) is 9.51. The molecule has 0 spiro atoms. The lowest BCUT2D eigenvalue weighted by atomic mass is 10.1. The normalized spacial score (nSPS) is 21.3. The van der Waals surface area contributed by atoms with Gasteiger partial charge in [0.2, 0.25) is 0 Å². The molecule has 1 saturated heterocycles. The zero-order valence-electron chi connectivity index (χ0n) is 9.51. The average molecular weight is 205 g/mol. The van der Waals surface area contributed by atoms with E-state index in [1.807, 2.05) is 0 Å². The molecule has 0 amide bonds. The molecule has 2 rings (SSSR count). The average Bonchev–Trinajstić information content (AvgIpc) is 2.25. The van der Waals surface area contributed by atoms with Crippen molar-refractivity contribution >= 4 is 5.82 Å². The number of hydrogen-bond donors (Lipinski definition) is 2. The molecular weight excluding hydrogens is 186 g/mol. The lowest BCUT2D eigenvalue weighted by Gasteiger charge is -2.24. The van der Waals surface area contributed by atoms with Crippen LogP contribution in [-0.2, 0) is 0 Å². The lowest BCUT2D eigenvalue weighted by Crippen LogP contribution is -2.38. The number of piperidine rings is 1. The molecule has 0 saturated carbocycles. The van der Waals surface area contributed by atoms with Crippen molar-refractivity contribution in [2.75, 3.05) is 18.4 Å². The molecule has 1 aliphatic heterocycles. The van der Waals surface area contributed by atoms with E-state index in [1.54, 1.807) is 0 Å². The minimum absolute atomic E-state index is 0.536. The molecule has 1 aliphatic rings. The van der Waals surface area contributed by atoms with Gasteiger partial charge in [-0.1, -0.05) is 6.07 Å². The van der Waals surface area contributed by atoms with Crippen molar-refractivity contribution in [3.8, 4) is 0 Å². The molecule has 1 fully saturated rings. The van der Waals surface area contributed by atoms with E-state index in [-0.39, 0.29) is 0 Å². The van der Waals surface area contributed by atoms with Gasteiger partial charge in [0.05, 0.1) is 0 Å². The molecule has 1 atom stereocenters. The minimum atomic E-state index is 0.536. The first-order chi connectivity index (χ1) is 7.25. The van der Waals surface area contributed by atoms with Gasteiger partial charge in [-0.2, -0.15) is 0 Å². The van der Waals surface area contributed by atoms with Crippen LogP contribution in [0.1, 0.15) is 24.1 Å². The van der Waals surface area contributed by atoms with E-state index >= 15 is 0 Å². The van der Waals surface area contributed by atoms with Crippen LogP contribution in [0.15, 0.2) is 12.1 Å². The van der Waals surface area contributed by atoms with Gasteiger partial charge in [0, 0.05) is 18.3 Å². The Morgan fingerprint density at radius 3 is 2.93 bits per heavy atom. The van der Waals surface area contributed by atoms with Gasteiger partial charge in [-0.3, -0.25) is 0 Å². The van der Waals surface area contributed by atoms with Crippen LogP contribution in [-0.4, -0.2) is 24.1 Å². The van der Waals surface area contributed by atoms with Crippen LogP contribution >= 0.6 is 0 Å². The third-order valence-corrected chi connectivity index (χ3v) is 3.00. The third-order valence-electron chi connectivity index (χ3n) is 3.00. The van der Waals surface area contributed by atoms with Gasteiger partial charge < -0.3 is 10.6 Å². The number of nitrogens with zero attached hydrogens (tertiary/aromatic N) is 1. The number of nitrogens with one attached hydrogen (secondary N) is 2. The van der Waals surface area contributed by atoms with Crippen LogP contribution in [0.2, 0.25) is 0 Å². The second kappa shape index (κ2) is 4.62. The van der Waals surface area contributed by atoms with E-state index in [4.69, 9.17) is 0 Å². The minimum Gasteiger partial charge on any atom is -0.366 e. The molecule has 15 heavy (non-hydrogen) atoms. The third kappa shape index (κ3) is 2.69. The summed E-state index contributed by atoms with van der Waals surface area (Å²) in [6.07, 6.45) is 2.49. The van der Waals surface area contributed by atoms with E-state index in [2.05, 4.69) is 41.6 Å². The fourth-order valence-electron chi connectivity index (χ4n) is 1.90. The fraction of sp³-hybridized carbons (Fsp3) is 0.583. The Hall–Kier alpha value is -1.09. The predicted octanol–water partition coefficient (Wildman–Crippen LogP) is 1.86. The number of pyridine rings is 1. The largest absolute Gasteiger partial charge is 0.366 e. The zero-order chi connectivity index (χ0) is 10.7. The number of hydrogen-bond acceptors (Lipinski definition) is 3. The van der Waals surface area contributed by atoms with Crippen LogP contribution in [0, 0.1) is 13.8 Å². The highest BCUT2D eigenvalue weighted by Crippen LogP contribution is 2.12. The van der Waals surface area contributed by atoms with Gasteiger partial charge in [-0.15, -0.1) is 0 Å². The van der Waals surface area contributed by atoms with Crippen molar-refractivity contribution in [1.82, 2.24) is 10.3 Å². The summed E-state index contributed by atoms with van der Waals surface area (Å²) in [7, 11) is 0. The summed E-state index contributed by atoms with van der Waals surface area (Å²) in [4.78, 5) is 4.53. The van der Waals surface area contributed by atoms with Gasteiger partial charge in [0.1, 0.15) is 5.82 Å². The molecule has 0 aliphatic carbocycles. The molecule has 0 radical (unpaired) electrons. The SMILES string of the molecule is Cc1ccc(NC2CCCNC2)nc1C. The van der Waals surface area contributed by atoms with Crippen molar-refractivity contribution in [3.63, 3.8) is 0 Å². The van der Waals surface area contributed by atoms with E-state index in [0.717, 1.165) is 24.6 Å². The monoisotopic (exact) mass is 205 g/mol. The van der Waals surface area contributed by atoms with Crippen molar-refractivity contribution in [2.24, 2.45) is 0 Å². The molecule has 1 aromatic heterocycles. The maximum Gasteiger partial charge on any atom is 0.126 e. The first-order valence-electron chi connectivity index (χ1n) is 5.67. The second-order valence-electron chi connectivity index (χ2n) is 4.29. The topological polar surface area (TPSA) is 37.0 Å². The number of aryl methyl sites for hydroxylation is 2. The first kappa shape index (κ1) is 10.4. The van der Waals surface area contributed by atoms with Crippen molar-refractivity contribution < 1.29 is 0 Å². The van der Waals surface area contributed by atoms with Crippen molar-refractivity contribution in [1.29, 1.82) is 0 Å². The molecule has 0 aromatic carbocycles. The van der Waals surface area contributed by atoms with E-state index in [1.165, 1.54) is 18.4 Å². The Kier molecular flexibility index (Phi) is 3.21. The molecule has 1 aromatic rings. The van der Waals surface area contributed by atoms with Gasteiger partial charge in [0.25, 0.3) is 0 Å². The van der Waals surface area contributed by atoms with Crippen LogP contribution < -0.4 is 10.6 Å². The highest BCUT2D eigenvalue weighted by Gasteiger charge is 2.12. The maximum absolute atomic E-state index is 4.53. The Labute approximate surface area is 91.3 Å². The highest BCUT2D eigenvalue weighted by atomic mass is 15.1. The number of rotatable bonds is 2. The Bertz CT molecular complexity index is 330.